The Bertz CT molecular complexity index is 526. The highest BCUT2D eigenvalue weighted by Gasteiger charge is 2.29. The van der Waals surface area contributed by atoms with Gasteiger partial charge in [0.15, 0.2) is 0 Å². The second kappa shape index (κ2) is 5.72. The van der Waals surface area contributed by atoms with Crippen LogP contribution in [0, 0.1) is 16.0 Å². The number of hydrogen-bond acceptors (Lipinski definition) is 6. The van der Waals surface area contributed by atoms with Crippen molar-refractivity contribution in [3.05, 3.63) is 22.2 Å². The van der Waals surface area contributed by atoms with E-state index in [0.717, 1.165) is 0 Å². The van der Waals surface area contributed by atoms with Gasteiger partial charge in [0.25, 0.3) is 0 Å². The topological polar surface area (TPSA) is 106 Å². The van der Waals surface area contributed by atoms with Gasteiger partial charge in [-0.25, -0.2) is 0 Å². The molecule has 1 N–H and O–H groups in total. The Hall–Kier alpha value is -2.38. The molecule has 0 unspecified atom stereocenters. The zero-order valence-electron chi connectivity index (χ0n) is 11.0. The van der Waals surface area contributed by atoms with Crippen LogP contribution in [0.2, 0.25) is 0 Å². The zero-order chi connectivity index (χ0) is 14.7. The lowest BCUT2D eigenvalue weighted by molar-refractivity contribution is -0.384. The van der Waals surface area contributed by atoms with Crippen molar-refractivity contribution in [2.24, 2.45) is 5.92 Å². The maximum Gasteiger partial charge on any atom is 0.311 e. The molecule has 0 radical (unpaired) electrons. The lowest BCUT2D eigenvalue weighted by atomic mass is 9.97. The van der Waals surface area contributed by atoms with E-state index in [1.54, 1.807) is 4.90 Å². The number of pyridine rings is 1. The second-order valence-electron chi connectivity index (χ2n) is 4.55. The Labute approximate surface area is 115 Å². The van der Waals surface area contributed by atoms with Gasteiger partial charge in [-0.2, -0.15) is 4.98 Å². The summed E-state index contributed by atoms with van der Waals surface area (Å²) in [5, 5.41) is 20.0. The first-order chi connectivity index (χ1) is 9.52. The van der Waals surface area contributed by atoms with Gasteiger partial charge >= 0.3 is 11.7 Å². The van der Waals surface area contributed by atoms with Gasteiger partial charge < -0.3 is 14.7 Å². The van der Waals surface area contributed by atoms with Crippen LogP contribution in [0.25, 0.3) is 0 Å². The zero-order valence-corrected chi connectivity index (χ0v) is 11.0. The van der Waals surface area contributed by atoms with Gasteiger partial charge in [-0.05, 0) is 12.8 Å². The summed E-state index contributed by atoms with van der Waals surface area (Å²) in [5.41, 5.74) is -0.0976. The third-order valence-corrected chi connectivity index (χ3v) is 3.38. The van der Waals surface area contributed by atoms with Gasteiger partial charge in [-0.3, -0.25) is 14.9 Å². The summed E-state index contributed by atoms with van der Waals surface area (Å²) in [6.07, 6.45) is 0.900. The van der Waals surface area contributed by atoms with Gasteiger partial charge in [-0.15, -0.1) is 0 Å². The molecule has 1 aromatic heterocycles. The van der Waals surface area contributed by atoms with Gasteiger partial charge in [0.05, 0.1) is 18.0 Å². The minimum Gasteiger partial charge on any atom is -0.481 e. The number of rotatable bonds is 4. The molecule has 2 heterocycles. The second-order valence-corrected chi connectivity index (χ2v) is 4.55. The van der Waals surface area contributed by atoms with Crippen LogP contribution in [0.15, 0.2) is 12.1 Å². The fourth-order valence-corrected chi connectivity index (χ4v) is 2.25. The first-order valence-electron chi connectivity index (χ1n) is 6.20. The number of ether oxygens (including phenoxy) is 1. The molecule has 0 saturated carbocycles. The summed E-state index contributed by atoms with van der Waals surface area (Å²) in [4.78, 5) is 27.3. The number of carboxylic acid groups (broad SMARTS) is 1. The highest BCUT2D eigenvalue weighted by molar-refractivity contribution is 5.70. The van der Waals surface area contributed by atoms with Gasteiger partial charge in [-0.1, -0.05) is 0 Å². The predicted molar refractivity (Wildman–Crippen MR) is 70.0 cm³/mol. The number of hydrogen-bond donors (Lipinski definition) is 1. The third kappa shape index (κ3) is 2.79. The van der Waals surface area contributed by atoms with Gasteiger partial charge in [0, 0.05) is 25.2 Å². The Morgan fingerprint density at radius 3 is 2.65 bits per heavy atom. The van der Waals surface area contributed by atoms with Crippen molar-refractivity contribution in [2.75, 3.05) is 25.1 Å². The van der Waals surface area contributed by atoms with Crippen molar-refractivity contribution in [1.82, 2.24) is 4.98 Å². The van der Waals surface area contributed by atoms with Crippen LogP contribution in [-0.4, -0.2) is 41.2 Å². The summed E-state index contributed by atoms with van der Waals surface area (Å²) in [6, 6.07) is 2.79. The number of carbonyl (C=O) groups is 1. The average Bonchev–Trinajstić information content (AvgIpc) is 2.46. The Balaban J connectivity index is 2.23. The average molecular weight is 281 g/mol. The van der Waals surface area contributed by atoms with Gasteiger partial charge in [0.1, 0.15) is 0 Å². The van der Waals surface area contributed by atoms with E-state index < -0.39 is 16.8 Å². The number of aliphatic carboxylic acids is 1. The molecule has 8 nitrogen and oxygen atoms in total. The van der Waals surface area contributed by atoms with Crippen LogP contribution < -0.4 is 9.64 Å². The summed E-state index contributed by atoms with van der Waals surface area (Å²) < 4.78 is 4.99. The van der Waals surface area contributed by atoms with Crippen LogP contribution >= 0.6 is 0 Å². The highest BCUT2D eigenvalue weighted by atomic mass is 16.6. The molecule has 1 aromatic rings. The number of nitro groups is 1. The van der Waals surface area contributed by atoms with E-state index in [9.17, 15) is 14.9 Å². The number of aromatic nitrogens is 1. The van der Waals surface area contributed by atoms with Crippen molar-refractivity contribution < 1.29 is 19.6 Å². The molecule has 1 fully saturated rings. The molecule has 0 atom stereocenters. The molecule has 2 rings (SSSR count). The molecule has 108 valence electrons. The SMILES string of the molecule is COc1ccc([N+](=O)[O-])c(N2CCC(C(=O)O)CC2)n1. The summed E-state index contributed by atoms with van der Waals surface area (Å²) in [7, 11) is 1.44. The maximum atomic E-state index is 11.0. The molecule has 1 aliphatic heterocycles. The van der Waals surface area contributed by atoms with E-state index in [4.69, 9.17) is 9.84 Å². The number of methoxy groups -OCH3 is 1. The number of piperidine rings is 1. The van der Waals surface area contributed by atoms with Crippen LogP contribution in [0.4, 0.5) is 11.5 Å². The molecule has 0 spiro atoms. The molecule has 8 heteroatoms. The molecule has 0 bridgehead atoms. The highest BCUT2D eigenvalue weighted by Crippen LogP contribution is 2.31. The molecule has 20 heavy (non-hydrogen) atoms. The number of carboxylic acids is 1. The lowest BCUT2D eigenvalue weighted by Gasteiger charge is -2.30. The van der Waals surface area contributed by atoms with E-state index in [1.807, 2.05) is 0 Å². The van der Waals surface area contributed by atoms with Crippen molar-refractivity contribution in [3.8, 4) is 5.88 Å². The smallest absolute Gasteiger partial charge is 0.311 e. The largest absolute Gasteiger partial charge is 0.481 e. The normalized spacial score (nSPS) is 15.9. The summed E-state index contributed by atoms with van der Waals surface area (Å²) in [6.45, 7) is 0.857. The number of anilines is 1. The molecule has 1 aliphatic rings. The quantitative estimate of drug-likeness (QED) is 0.654. The van der Waals surface area contributed by atoms with Crippen LogP contribution in [0.5, 0.6) is 5.88 Å². The Kier molecular flexibility index (Phi) is 4.02. The Morgan fingerprint density at radius 1 is 1.50 bits per heavy atom. The molecule has 0 aliphatic carbocycles. The fourth-order valence-electron chi connectivity index (χ4n) is 2.25. The van der Waals surface area contributed by atoms with E-state index >= 15 is 0 Å². The molecule has 0 amide bonds. The minimum absolute atomic E-state index is 0.0976. The van der Waals surface area contributed by atoms with Crippen LogP contribution in [-0.2, 0) is 4.79 Å². The monoisotopic (exact) mass is 281 g/mol. The maximum absolute atomic E-state index is 11.0. The standard InChI is InChI=1S/C12H15N3O5/c1-20-10-3-2-9(15(18)19)11(13-10)14-6-4-8(5-7-14)12(16)17/h2-3,8H,4-7H2,1H3,(H,16,17). The first-order valence-corrected chi connectivity index (χ1v) is 6.20. The number of nitrogens with zero attached hydrogens (tertiary/aromatic N) is 3. The van der Waals surface area contributed by atoms with Crippen molar-refractivity contribution in [3.63, 3.8) is 0 Å². The molecule has 1 saturated heterocycles. The van der Waals surface area contributed by atoms with E-state index in [-0.39, 0.29) is 11.5 Å². The van der Waals surface area contributed by atoms with Crippen LogP contribution in [0.1, 0.15) is 12.8 Å². The fraction of sp³-hybridized carbons (Fsp3) is 0.500. The third-order valence-electron chi connectivity index (χ3n) is 3.38. The minimum atomic E-state index is -0.822. The molecular formula is C12H15N3O5. The van der Waals surface area contributed by atoms with Crippen molar-refractivity contribution in [2.45, 2.75) is 12.8 Å². The van der Waals surface area contributed by atoms with Crippen molar-refractivity contribution >= 4 is 17.5 Å². The van der Waals surface area contributed by atoms with Crippen LogP contribution in [0.3, 0.4) is 0 Å². The van der Waals surface area contributed by atoms with Gasteiger partial charge in [0.2, 0.25) is 11.7 Å². The van der Waals surface area contributed by atoms with Crippen molar-refractivity contribution in [1.29, 1.82) is 0 Å². The Morgan fingerprint density at radius 2 is 2.15 bits per heavy atom. The van der Waals surface area contributed by atoms with E-state index in [1.165, 1.54) is 19.2 Å². The van der Waals surface area contributed by atoms with E-state index in [0.29, 0.717) is 31.8 Å². The first kappa shape index (κ1) is 14.0. The summed E-state index contributed by atoms with van der Waals surface area (Å²) >= 11 is 0. The van der Waals surface area contributed by atoms with E-state index in [2.05, 4.69) is 4.98 Å². The predicted octanol–water partition coefficient (Wildman–Crippen LogP) is 1.30. The summed E-state index contributed by atoms with van der Waals surface area (Å²) in [5.74, 6) is -0.683. The molecule has 0 aromatic carbocycles. The lowest BCUT2D eigenvalue weighted by Crippen LogP contribution is -2.37. The molecular weight excluding hydrogens is 266 g/mol.